The highest BCUT2D eigenvalue weighted by Crippen LogP contribution is 2.32. The van der Waals surface area contributed by atoms with E-state index < -0.39 is 0 Å². The Morgan fingerprint density at radius 3 is 2.71 bits per heavy atom. The van der Waals surface area contributed by atoms with Crippen LogP contribution in [-0.2, 0) is 6.42 Å². The molecule has 3 aromatic rings. The van der Waals surface area contributed by atoms with E-state index in [-0.39, 0.29) is 5.91 Å². The van der Waals surface area contributed by atoms with Gasteiger partial charge in [-0.3, -0.25) is 9.69 Å². The average Bonchev–Trinajstić information content (AvgIpc) is 3.13. The second-order valence-corrected chi connectivity index (χ2v) is 8.13. The number of nitrogens with zero attached hydrogens (tertiary/aromatic N) is 2. The molecular weight excluding hydrogens is 370 g/mol. The van der Waals surface area contributed by atoms with Crippen molar-refractivity contribution in [2.75, 3.05) is 39.2 Å². The van der Waals surface area contributed by atoms with Crippen LogP contribution >= 0.6 is 11.3 Å². The summed E-state index contributed by atoms with van der Waals surface area (Å²) < 4.78 is 6.53. The number of amides is 1. The fourth-order valence-electron chi connectivity index (χ4n) is 3.13. The summed E-state index contributed by atoms with van der Waals surface area (Å²) >= 11 is 1.58. The topological polar surface area (TPSA) is 46.9 Å². The van der Waals surface area contributed by atoms with E-state index >= 15 is 0 Å². The van der Waals surface area contributed by atoms with Gasteiger partial charge in [-0.05, 0) is 36.2 Å². The third-order valence-corrected chi connectivity index (χ3v) is 5.76. The molecule has 0 fully saturated rings. The smallest absolute Gasteiger partial charge is 0.263 e. The lowest BCUT2D eigenvalue weighted by Crippen LogP contribution is -3.05. The average molecular weight is 399 g/mol. The van der Waals surface area contributed by atoms with E-state index in [2.05, 4.69) is 33.2 Å². The monoisotopic (exact) mass is 398 g/mol. The molecule has 1 N–H and O–H groups in total. The first-order valence-corrected chi connectivity index (χ1v) is 10.5. The van der Waals surface area contributed by atoms with E-state index in [1.54, 1.807) is 23.3 Å². The zero-order valence-corrected chi connectivity index (χ0v) is 17.8. The molecule has 28 heavy (non-hydrogen) atoms. The number of aromatic nitrogens is 1. The molecule has 3 rings (SSSR count). The van der Waals surface area contributed by atoms with Crippen molar-refractivity contribution in [2.24, 2.45) is 0 Å². The third-order valence-electron chi connectivity index (χ3n) is 4.72. The Morgan fingerprint density at radius 2 is 2.00 bits per heavy atom. The van der Waals surface area contributed by atoms with Crippen LogP contribution in [0.25, 0.3) is 10.2 Å². The molecule has 0 atom stereocenters. The quantitative estimate of drug-likeness (QED) is 0.634. The fourth-order valence-corrected chi connectivity index (χ4v) is 4.19. The first-order chi connectivity index (χ1) is 13.5. The van der Waals surface area contributed by atoms with Crippen LogP contribution in [0.15, 0.2) is 42.5 Å². The Hall–Kier alpha value is -2.44. The van der Waals surface area contributed by atoms with Gasteiger partial charge in [-0.1, -0.05) is 36.5 Å². The number of thiazole rings is 1. The zero-order valence-electron chi connectivity index (χ0n) is 17.0. The summed E-state index contributed by atoms with van der Waals surface area (Å²) in [7, 11) is 5.84. The zero-order chi connectivity index (χ0) is 20.1. The summed E-state index contributed by atoms with van der Waals surface area (Å²) in [5.41, 5.74) is 2.78. The van der Waals surface area contributed by atoms with Crippen LogP contribution < -0.4 is 14.5 Å². The number of quaternary nitrogens is 1. The number of para-hydroxylation sites is 1. The predicted octanol–water partition coefficient (Wildman–Crippen LogP) is 3.05. The number of ether oxygens (including phenoxy) is 1. The van der Waals surface area contributed by atoms with Crippen molar-refractivity contribution < 1.29 is 14.4 Å². The van der Waals surface area contributed by atoms with E-state index in [1.165, 1.54) is 10.5 Å². The van der Waals surface area contributed by atoms with Crippen LogP contribution in [0, 0.1) is 0 Å². The maximum atomic E-state index is 13.4. The molecule has 0 radical (unpaired) electrons. The number of rotatable bonds is 8. The number of anilines is 1. The van der Waals surface area contributed by atoms with Crippen LogP contribution in [0.3, 0.4) is 0 Å². The number of hydrogen-bond donors (Lipinski definition) is 1. The number of carbonyl (C=O) groups excluding carboxylic acids is 1. The fraction of sp³-hybridized carbons (Fsp3) is 0.364. The molecule has 1 heterocycles. The van der Waals surface area contributed by atoms with Crippen LogP contribution in [-0.4, -0.2) is 45.2 Å². The highest BCUT2D eigenvalue weighted by atomic mass is 32.1. The minimum atomic E-state index is -0.0685. The molecule has 1 aromatic heterocycles. The largest absolute Gasteiger partial charge is 0.496 e. The molecule has 0 saturated carbocycles. The summed E-state index contributed by atoms with van der Waals surface area (Å²) in [6.45, 7) is 3.76. The van der Waals surface area contributed by atoms with Gasteiger partial charge in [-0.2, -0.15) is 0 Å². The lowest BCUT2D eigenvalue weighted by Gasteiger charge is -2.21. The van der Waals surface area contributed by atoms with E-state index in [9.17, 15) is 4.79 Å². The third kappa shape index (κ3) is 4.51. The van der Waals surface area contributed by atoms with Gasteiger partial charge < -0.3 is 9.64 Å². The van der Waals surface area contributed by atoms with E-state index in [0.29, 0.717) is 17.9 Å². The Balaban J connectivity index is 1.97. The Labute approximate surface area is 170 Å². The minimum absolute atomic E-state index is 0.0685. The Kier molecular flexibility index (Phi) is 6.65. The number of aryl methyl sites for hydroxylation is 1. The molecule has 0 unspecified atom stereocenters. The summed E-state index contributed by atoms with van der Waals surface area (Å²) in [4.78, 5) is 21.3. The second-order valence-electron chi connectivity index (χ2n) is 7.12. The maximum Gasteiger partial charge on any atom is 0.263 e. The molecule has 148 valence electrons. The van der Waals surface area contributed by atoms with Crippen LogP contribution in [0.1, 0.15) is 29.3 Å². The predicted molar refractivity (Wildman–Crippen MR) is 116 cm³/mol. The molecule has 0 aliphatic rings. The first kappa shape index (κ1) is 20.3. The van der Waals surface area contributed by atoms with Crippen molar-refractivity contribution in [2.45, 2.75) is 19.8 Å². The second kappa shape index (κ2) is 9.17. The van der Waals surface area contributed by atoms with E-state index in [4.69, 9.17) is 9.72 Å². The molecule has 5 nitrogen and oxygen atoms in total. The molecule has 6 heteroatoms. The highest BCUT2D eigenvalue weighted by Gasteiger charge is 2.24. The Morgan fingerprint density at radius 1 is 1.21 bits per heavy atom. The molecule has 1 amide bonds. The van der Waals surface area contributed by atoms with Crippen molar-refractivity contribution in [1.29, 1.82) is 0 Å². The number of fused-ring (bicyclic) bond motifs is 1. The van der Waals surface area contributed by atoms with Gasteiger partial charge in [0.2, 0.25) is 0 Å². The molecule has 0 saturated heterocycles. The number of nitrogens with one attached hydrogen (secondary N) is 1. The van der Waals surface area contributed by atoms with Gasteiger partial charge in [0.15, 0.2) is 5.13 Å². The number of carbonyl (C=O) groups is 1. The number of hydrogen-bond acceptors (Lipinski definition) is 4. The van der Waals surface area contributed by atoms with Gasteiger partial charge >= 0.3 is 0 Å². The van der Waals surface area contributed by atoms with Crippen molar-refractivity contribution in [3.63, 3.8) is 0 Å². The van der Waals surface area contributed by atoms with Gasteiger partial charge in [0.05, 0.1) is 43.5 Å². The van der Waals surface area contributed by atoms with Gasteiger partial charge in [0, 0.05) is 13.0 Å². The van der Waals surface area contributed by atoms with Gasteiger partial charge in [-0.15, -0.1) is 0 Å². The molecule has 0 bridgehead atoms. The lowest BCUT2D eigenvalue weighted by molar-refractivity contribution is -0.858. The van der Waals surface area contributed by atoms with Crippen molar-refractivity contribution in [3.8, 4) is 5.75 Å². The lowest BCUT2D eigenvalue weighted by atomic mass is 10.1. The minimum Gasteiger partial charge on any atom is -0.496 e. The van der Waals surface area contributed by atoms with Crippen LogP contribution in [0.4, 0.5) is 5.13 Å². The van der Waals surface area contributed by atoms with E-state index in [1.807, 2.05) is 30.3 Å². The van der Waals surface area contributed by atoms with Crippen LogP contribution in [0.2, 0.25) is 0 Å². The van der Waals surface area contributed by atoms with Crippen molar-refractivity contribution in [3.05, 3.63) is 53.6 Å². The molecular formula is C22H28N3O2S+. The number of benzene rings is 2. The molecule has 0 spiro atoms. The normalized spacial score (nSPS) is 11.2. The van der Waals surface area contributed by atoms with Gasteiger partial charge in [0.25, 0.3) is 5.91 Å². The standard InChI is InChI=1S/C22H27N3O2S/c1-5-16-11-12-18-20(15-16)28-22(23-18)25(14-8-13-24(2)3)21(26)17-9-6-7-10-19(17)27-4/h6-7,9-12,15H,5,8,13-14H2,1-4H3/p+1. The van der Waals surface area contributed by atoms with E-state index in [0.717, 1.165) is 34.7 Å². The van der Waals surface area contributed by atoms with Gasteiger partial charge in [0.1, 0.15) is 5.75 Å². The SMILES string of the molecule is CCc1ccc2nc(N(CCC[NH+](C)C)C(=O)c3ccccc3OC)sc2c1. The summed E-state index contributed by atoms with van der Waals surface area (Å²) in [5, 5.41) is 0.743. The maximum absolute atomic E-state index is 13.4. The summed E-state index contributed by atoms with van der Waals surface area (Å²) in [6, 6.07) is 13.7. The van der Waals surface area contributed by atoms with Crippen molar-refractivity contribution in [1.82, 2.24) is 4.98 Å². The van der Waals surface area contributed by atoms with Gasteiger partial charge in [-0.25, -0.2) is 4.98 Å². The summed E-state index contributed by atoms with van der Waals surface area (Å²) in [6.07, 6.45) is 1.89. The first-order valence-electron chi connectivity index (χ1n) is 9.66. The molecule has 2 aromatic carbocycles. The van der Waals surface area contributed by atoms with Crippen molar-refractivity contribution >= 4 is 32.6 Å². The molecule has 0 aliphatic carbocycles. The Bertz CT molecular complexity index is 952. The molecule has 0 aliphatic heterocycles. The highest BCUT2D eigenvalue weighted by molar-refractivity contribution is 7.22. The van der Waals surface area contributed by atoms with Crippen LogP contribution in [0.5, 0.6) is 5.75 Å². The number of methoxy groups -OCH3 is 1. The summed E-state index contributed by atoms with van der Waals surface area (Å²) in [5.74, 6) is 0.520.